The van der Waals surface area contributed by atoms with Gasteiger partial charge < -0.3 is 26.2 Å². The summed E-state index contributed by atoms with van der Waals surface area (Å²) in [4.78, 5) is 71.1. The topological polar surface area (TPSA) is 171 Å². The highest BCUT2D eigenvalue weighted by molar-refractivity contribution is 7.92. The van der Waals surface area contributed by atoms with E-state index in [1.165, 1.54) is 0 Å². The maximum atomic E-state index is 14.9. The Morgan fingerprint density at radius 1 is 0.906 bits per heavy atom. The number of terminal acetylenes is 1. The van der Waals surface area contributed by atoms with E-state index in [9.17, 15) is 32.4 Å². The lowest BCUT2D eigenvalue weighted by Gasteiger charge is -2.44. The van der Waals surface area contributed by atoms with Crippen molar-refractivity contribution in [2.45, 2.75) is 160 Å². The van der Waals surface area contributed by atoms with Crippen molar-refractivity contribution >= 4 is 39.4 Å². The van der Waals surface area contributed by atoms with Crippen molar-refractivity contribution in [3.8, 4) is 12.3 Å². The molecule has 5 rings (SSSR count). The zero-order valence-corrected chi connectivity index (χ0v) is 33.6. The van der Waals surface area contributed by atoms with Gasteiger partial charge in [-0.15, -0.1) is 12.3 Å². The number of hydrogen-bond acceptors (Lipinski definition) is 7. The Bertz CT molecular complexity index is 1580. The third-order valence-electron chi connectivity index (χ3n) is 13.2. The summed E-state index contributed by atoms with van der Waals surface area (Å²) in [5, 5.41) is 11.6. The number of likely N-dealkylation sites (tertiary alicyclic amines) is 1. The summed E-state index contributed by atoms with van der Waals surface area (Å²) >= 11 is 0. The molecule has 1 heterocycles. The number of ketones is 1. The van der Waals surface area contributed by atoms with Gasteiger partial charge in [-0.3, -0.25) is 19.2 Å². The fourth-order valence-electron chi connectivity index (χ4n) is 9.35. The Morgan fingerprint density at radius 3 is 2.08 bits per heavy atom. The van der Waals surface area contributed by atoms with Crippen LogP contribution >= 0.6 is 0 Å². The standard InChI is InChI=1S/C40H63N5O7S/c1-8-9-22-41-34(48)31(46)28(23-26-16-17-26)42-33(47)30-29-27(38(29,5)6)24-45(30)35(49)32(39(7)18-12-10-13-19-39)43-36(50)44-40(20-14-11-15-21-40)25-53(51,52)37(2,3)4/h1,26-30,32H,9-25H2,2-7H3,(H,41,48)(H,42,47)(H2,43,44,50)/t27?,28?,29-,30-,32+/m0/s1. The molecule has 5 amide bonds. The molecule has 296 valence electrons. The average Bonchev–Trinajstić information content (AvgIpc) is 3.93. The number of Topliss-reactive ketones (excluding diaryl/α,β-unsaturated/α-hetero) is 1. The monoisotopic (exact) mass is 757 g/mol. The molecule has 0 aromatic carbocycles. The van der Waals surface area contributed by atoms with Crippen LogP contribution in [0.3, 0.4) is 0 Å². The van der Waals surface area contributed by atoms with Gasteiger partial charge in [0.25, 0.3) is 5.91 Å². The van der Waals surface area contributed by atoms with Crippen LogP contribution in [0.4, 0.5) is 4.79 Å². The number of hydrogen-bond donors (Lipinski definition) is 4. The maximum absolute atomic E-state index is 14.9. The summed E-state index contributed by atoms with van der Waals surface area (Å²) in [6.07, 6.45) is 15.6. The van der Waals surface area contributed by atoms with Gasteiger partial charge in [-0.1, -0.05) is 72.1 Å². The number of urea groups is 1. The Balaban J connectivity index is 1.39. The molecular formula is C40H63N5O7S. The van der Waals surface area contributed by atoms with Crippen LogP contribution in [0, 0.1) is 40.9 Å². The SMILES string of the molecule is C#CCCNC(=O)C(=O)C(CC1CC1)NC(=O)[C@@H]1[C@@H]2C(CN1C(=O)[C@@H](NC(=O)NC1(CS(=O)(=O)C(C)(C)C)CCCCC1)C1(C)CCCCC1)C2(C)C. The predicted octanol–water partition coefficient (Wildman–Crippen LogP) is 4.02. The first-order valence-corrected chi connectivity index (χ1v) is 21.6. The molecule has 0 radical (unpaired) electrons. The Labute approximate surface area is 316 Å². The molecule has 0 spiro atoms. The molecule has 12 nitrogen and oxygen atoms in total. The summed E-state index contributed by atoms with van der Waals surface area (Å²) in [5.41, 5.74) is -1.75. The first-order chi connectivity index (χ1) is 24.8. The second kappa shape index (κ2) is 15.5. The highest BCUT2D eigenvalue weighted by Gasteiger charge is 2.70. The van der Waals surface area contributed by atoms with Crippen LogP contribution in [0.2, 0.25) is 0 Å². The van der Waals surface area contributed by atoms with Gasteiger partial charge in [-0.05, 0) is 81.5 Å². The quantitative estimate of drug-likeness (QED) is 0.118. The van der Waals surface area contributed by atoms with Gasteiger partial charge in [0.1, 0.15) is 12.1 Å². The fourth-order valence-corrected chi connectivity index (χ4v) is 10.9. The van der Waals surface area contributed by atoms with Gasteiger partial charge in [-0.2, -0.15) is 0 Å². The predicted molar refractivity (Wildman–Crippen MR) is 203 cm³/mol. The number of piperidine rings is 1. The number of amides is 5. The zero-order chi connectivity index (χ0) is 39.0. The molecule has 1 saturated heterocycles. The highest BCUT2D eigenvalue weighted by atomic mass is 32.2. The minimum atomic E-state index is -3.57. The number of fused-ring (bicyclic) bond motifs is 1. The smallest absolute Gasteiger partial charge is 0.315 e. The lowest BCUT2D eigenvalue weighted by atomic mass is 9.70. The highest BCUT2D eigenvalue weighted by Crippen LogP contribution is 2.65. The Hall–Kier alpha value is -3.14. The molecule has 5 fully saturated rings. The number of rotatable bonds is 14. The van der Waals surface area contributed by atoms with Crippen molar-refractivity contribution < 1.29 is 32.4 Å². The number of nitrogens with zero attached hydrogens (tertiary/aromatic N) is 1. The molecule has 5 atom stereocenters. The lowest BCUT2D eigenvalue weighted by Crippen LogP contribution is -2.65. The van der Waals surface area contributed by atoms with Crippen molar-refractivity contribution in [3.63, 3.8) is 0 Å². The second-order valence-electron chi connectivity index (χ2n) is 18.7. The van der Waals surface area contributed by atoms with Crippen LogP contribution in [0.15, 0.2) is 0 Å². The normalized spacial score (nSPS) is 26.9. The van der Waals surface area contributed by atoms with Crippen molar-refractivity contribution in [3.05, 3.63) is 0 Å². The molecule has 1 aliphatic heterocycles. The minimum Gasteiger partial charge on any atom is -0.348 e. The molecule has 0 bridgehead atoms. The van der Waals surface area contributed by atoms with Gasteiger partial charge in [0, 0.05) is 19.5 Å². The minimum absolute atomic E-state index is 0.0635. The molecule has 0 aromatic heterocycles. The molecule has 53 heavy (non-hydrogen) atoms. The van der Waals surface area contributed by atoms with E-state index in [4.69, 9.17) is 6.42 Å². The summed E-state index contributed by atoms with van der Waals surface area (Å²) in [7, 11) is -3.57. The third kappa shape index (κ3) is 9.05. The first-order valence-electron chi connectivity index (χ1n) is 19.9. The average molecular weight is 758 g/mol. The van der Waals surface area contributed by atoms with Gasteiger partial charge >= 0.3 is 6.03 Å². The summed E-state index contributed by atoms with van der Waals surface area (Å²) < 4.78 is 25.9. The Morgan fingerprint density at radius 2 is 1.51 bits per heavy atom. The van der Waals surface area contributed by atoms with Crippen molar-refractivity contribution in [2.24, 2.45) is 28.6 Å². The number of carbonyl (C=O) groups is 5. The van der Waals surface area contributed by atoms with E-state index in [-0.39, 0.29) is 47.8 Å². The summed E-state index contributed by atoms with van der Waals surface area (Å²) in [5.74, 6) is 0.0916. The van der Waals surface area contributed by atoms with Gasteiger partial charge in [0.05, 0.1) is 22.1 Å². The number of nitrogens with one attached hydrogen (secondary N) is 4. The van der Waals surface area contributed by atoms with Gasteiger partial charge in [-0.25, -0.2) is 13.2 Å². The molecule has 0 aromatic rings. The molecule has 2 unspecified atom stereocenters. The van der Waals surface area contributed by atoms with Crippen LogP contribution in [-0.2, 0) is 29.0 Å². The maximum Gasteiger partial charge on any atom is 0.315 e. The summed E-state index contributed by atoms with van der Waals surface area (Å²) in [6, 6.07) is -3.42. The lowest BCUT2D eigenvalue weighted by molar-refractivity contribution is -0.146. The third-order valence-corrected chi connectivity index (χ3v) is 16.0. The van der Waals surface area contributed by atoms with Crippen LogP contribution in [-0.4, -0.2) is 90.1 Å². The van der Waals surface area contributed by atoms with Crippen LogP contribution in [0.25, 0.3) is 0 Å². The molecule has 4 aliphatic carbocycles. The number of carbonyl (C=O) groups excluding carboxylic acids is 5. The van der Waals surface area contributed by atoms with Crippen LogP contribution in [0.5, 0.6) is 0 Å². The van der Waals surface area contributed by atoms with Crippen LogP contribution in [0.1, 0.15) is 131 Å². The van der Waals surface area contributed by atoms with E-state index >= 15 is 0 Å². The largest absolute Gasteiger partial charge is 0.348 e. The van der Waals surface area contributed by atoms with Crippen molar-refractivity contribution in [1.29, 1.82) is 0 Å². The Kier molecular flexibility index (Phi) is 12.0. The fraction of sp³-hybridized carbons (Fsp3) is 0.825. The van der Waals surface area contributed by atoms with Gasteiger partial charge in [0.15, 0.2) is 9.84 Å². The zero-order valence-electron chi connectivity index (χ0n) is 32.8. The van der Waals surface area contributed by atoms with E-state index in [1.54, 1.807) is 25.7 Å². The van der Waals surface area contributed by atoms with E-state index < -0.39 is 67.3 Å². The molecule has 5 aliphatic rings. The first kappa shape index (κ1) is 41.0. The van der Waals surface area contributed by atoms with Crippen molar-refractivity contribution in [2.75, 3.05) is 18.8 Å². The van der Waals surface area contributed by atoms with E-state index in [1.807, 2.05) is 6.92 Å². The molecule has 4 saturated carbocycles. The second-order valence-corrected chi connectivity index (χ2v) is 21.4. The van der Waals surface area contributed by atoms with E-state index in [0.29, 0.717) is 38.6 Å². The van der Waals surface area contributed by atoms with Gasteiger partial charge in [0.2, 0.25) is 17.6 Å². The van der Waals surface area contributed by atoms with E-state index in [2.05, 4.69) is 41.0 Å². The molecular weight excluding hydrogens is 695 g/mol. The molecule has 13 heteroatoms. The molecule has 4 N–H and O–H groups in total. The summed E-state index contributed by atoms with van der Waals surface area (Å²) in [6.45, 7) is 11.7. The van der Waals surface area contributed by atoms with E-state index in [0.717, 1.165) is 51.4 Å². The number of sulfone groups is 1. The van der Waals surface area contributed by atoms with Crippen molar-refractivity contribution in [1.82, 2.24) is 26.2 Å². The van der Waals surface area contributed by atoms with Crippen LogP contribution < -0.4 is 21.3 Å².